The van der Waals surface area contributed by atoms with Gasteiger partial charge in [0.25, 0.3) is 0 Å². The Hall–Kier alpha value is -0.250. The summed E-state index contributed by atoms with van der Waals surface area (Å²) in [7, 11) is -2.92. The highest BCUT2D eigenvalue weighted by atomic mass is 32.2. The van der Waals surface area contributed by atoms with Crippen LogP contribution in [0.25, 0.3) is 0 Å². The molecule has 0 amide bonds. The van der Waals surface area contributed by atoms with E-state index < -0.39 is 9.84 Å². The maximum Gasteiger partial charge on any atom is 0.157 e. The number of hydrogen-bond acceptors (Lipinski definition) is 4. The summed E-state index contributed by atoms with van der Waals surface area (Å²) < 4.78 is 22.9. The summed E-state index contributed by atoms with van der Waals surface area (Å²) in [6.07, 6.45) is 0. The Kier molecular flexibility index (Phi) is 4.44. The van der Waals surface area contributed by atoms with Crippen LogP contribution in [0.1, 0.15) is 13.8 Å². The van der Waals surface area contributed by atoms with Crippen molar-refractivity contribution in [3.05, 3.63) is 0 Å². The lowest BCUT2D eigenvalue weighted by Crippen LogP contribution is -2.93. The molecule has 1 aliphatic rings. The monoisotopic (exact) mass is 249 g/mol. The third kappa shape index (κ3) is 4.01. The first-order valence-corrected chi connectivity index (χ1v) is 7.73. The zero-order valence-corrected chi connectivity index (χ0v) is 10.6. The lowest BCUT2D eigenvalue weighted by atomic mass is 10.2. The molecule has 0 unspecified atom stereocenters. The van der Waals surface area contributed by atoms with Gasteiger partial charge in [-0.15, -0.1) is 0 Å². The normalized spacial score (nSPS) is 29.2. The molecule has 6 heteroatoms. The highest BCUT2D eigenvalue weighted by Gasteiger charge is 2.40. The Balaban J connectivity index is 2.58. The molecule has 0 aromatic heterocycles. The van der Waals surface area contributed by atoms with Crippen LogP contribution in [0.2, 0.25) is 0 Å². The fraction of sp³-hybridized carbons (Fsp3) is 0.889. The number of thiocyanates is 1. The van der Waals surface area contributed by atoms with Gasteiger partial charge in [0.15, 0.2) is 9.84 Å². The van der Waals surface area contributed by atoms with E-state index in [1.165, 1.54) is 0 Å². The average molecular weight is 249 g/mol. The first-order chi connectivity index (χ1) is 6.94. The van der Waals surface area contributed by atoms with Gasteiger partial charge in [-0.2, -0.15) is 5.26 Å². The first-order valence-electron chi connectivity index (χ1n) is 5.03. The zero-order valence-electron chi connectivity index (χ0n) is 9.01. The smallest absolute Gasteiger partial charge is 0.157 e. The molecule has 1 rings (SSSR count). The van der Waals surface area contributed by atoms with Crippen molar-refractivity contribution < 1.29 is 13.7 Å². The second-order valence-electron chi connectivity index (χ2n) is 4.35. The van der Waals surface area contributed by atoms with E-state index in [0.29, 0.717) is 5.92 Å². The van der Waals surface area contributed by atoms with Crippen LogP contribution < -0.4 is 5.32 Å². The Morgan fingerprint density at radius 1 is 1.53 bits per heavy atom. The standard InChI is InChI=1S/C9H16N2O2S2/c1-7(2)3-11-8-4-15(12,13)5-9(8)14-6-10/h7-9,11H,3-5H2,1-2H3/p+1/t8-,9-/m0/s1. The molecule has 0 aliphatic carbocycles. The lowest BCUT2D eigenvalue weighted by Gasteiger charge is -2.14. The van der Waals surface area contributed by atoms with Gasteiger partial charge in [0.2, 0.25) is 0 Å². The van der Waals surface area contributed by atoms with Gasteiger partial charge in [0, 0.05) is 5.92 Å². The van der Waals surface area contributed by atoms with Crippen LogP contribution in [0.5, 0.6) is 0 Å². The van der Waals surface area contributed by atoms with Crippen LogP contribution in [0, 0.1) is 16.6 Å². The Morgan fingerprint density at radius 3 is 2.73 bits per heavy atom. The molecule has 0 radical (unpaired) electrons. The fourth-order valence-electron chi connectivity index (χ4n) is 1.70. The molecule has 15 heavy (non-hydrogen) atoms. The van der Waals surface area contributed by atoms with Crippen LogP contribution in [0.15, 0.2) is 0 Å². The molecule has 2 atom stereocenters. The van der Waals surface area contributed by atoms with Gasteiger partial charge in [-0.3, -0.25) is 0 Å². The van der Waals surface area contributed by atoms with Crippen molar-refractivity contribution in [2.24, 2.45) is 5.92 Å². The van der Waals surface area contributed by atoms with Crippen LogP contribution in [0.3, 0.4) is 0 Å². The molecule has 86 valence electrons. The topological polar surface area (TPSA) is 74.5 Å². The highest BCUT2D eigenvalue weighted by molar-refractivity contribution is 8.05. The summed E-state index contributed by atoms with van der Waals surface area (Å²) in [4.78, 5) is 0. The molecule has 0 aromatic carbocycles. The van der Waals surface area contributed by atoms with Gasteiger partial charge in [-0.25, -0.2) is 8.42 Å². The summed E-state index contributed by atoms with van der Waals surface area (Å²) >= 11 is 1.10. The molecule has 1 fully saturated rings. The fourth-order valence-corrected chi connectivity index (χ4v) is 5.07. The van der Waals surface area contributed by atoms with E-state index in [1.54, 1.807) is 0 Å². The quantitative estimate of drug-likeness (QED) is 0.687. The number of rotatable bonds is 4. The van der Waals surface area contributed by atoms with Crippen LogP contribution in [0.4, 0.5) is 0 Å². The number of hydrogen-bond donors (Lipinski definition) is 1. The van der Waals surface area contributed by atoms with Gasteiger partial charge in [0.05, 0.1) is 17.5 Å². The maximum atomic E-state index is 11.4. The summed E-state index contributed by atoms with van der Waals surface area (Å²) in [6.45, 7) is 5.13. The van der Waals surface area contributed by atoms with Crippen LogP contribution in [-0.4, -0.2) is 37.8 Å². The molecule has 1 heterocycles. The third-order valence-electron chi connectivity index (χ3n) is 2.46. The van der Waals surface area contributed by atoms with Crippen molar-refractivity contribution in [1.82, 2.24) is 0 Å². The molecule has 4 nitrogen and oxygen atoms in total. The number of nitrogens with zero attached hydrogens (tertiary/aromatic N) is 1. The van der Waals surface area contributed by atoms with Gasteiger partial charge in [-0.05, 0) is 11.8 Å². The second kappa shape index (κ2) is 5.19. The number of nitriles is 1. The molecule has 0 spiro atoms. The van der Waals surface area contributed by atoms with E-state index in [-0.39, 0.29) is 22.8 Å². The highest BCUT2D eigenvalue weighted by Crippen LogP contribution is 2.21. The number of thioether (sulfide) groups is 1. The molecular weight excluding hydrogens is 232 g/mol. The molecule has 2 N–H and O–H groups in total. The van der Waals surface area contributed by atoms with Crippen molar-refractivity contribution in [3.8, 4) is 5.40 Å². The Bertz CT molecular complexity index is 346. The lowest BCUT2D eigenvalue weighted by molar-refractivity contribution is -0.687. The predicted molar refractivity (Wildman–Crippen MR) is 61.1 cm³/mol. The van der Waals surface area contributed by atoms with E-state index >= 15 is 0 Å². The third-order valence-corrected chi connectivity index (χ3v) is 5.35. The molecule has 0 aromatic rings. The van der Waals surface area contributed by atoms with Crippen LogP contribution >= 0.6 is 11.8 Å². The van der Waals surface area contributed by atoms with Crippen molar-refractivity contribution in [2.45, 2.75) is 25.1 Å². The minimum Gasteiger partial charge on any atom is -0.342 e. The zero-order chi connectivity index (χ0) is 11.5. The summed E-state index contributed by atoms with van der Waals surface area (Å²) in [5, 5.41) is 12.6. The van der Waals surface area contributed by atoms with E-state index in [9.17, 15) is 8.42 Å². The van der Waals surface area contributed by atoms with Gasteiger partial charge in [0.1, 0.15) is 17.2 Å². The minimum atomic E-state index is -2.92. The van der Waals surface area contributed by atoms with Crippen molar-refractivity contribution in [2.75, 3.05) is 18.1 Å². The molecule has 1 saturated heterocycles. The first kappa shape index (κ1) is 12.8. The Morgan fingerprint density at radius 2 is 2.20 bits per heavy atom. The summed E-state index contributed by atoms with van der Waals surface area (Å²) in [5.74, 6) is 0.921. The molecule has 0 bridgehead atoms. The van der Waals surface area contributed by atoms with Crippen molar-refractivity contribution in [3.63, 3.8) is 0 Å². The molecule has 1 aliphatic heterocycles. The minimum absolute atomic E-state index is 0.0567. The summed E-state index contributed by atoms with van der Waals surface area (Å²) in [6, 6.07) is 0.0575. The Labute approximate surface area is 95.3 Å². The second-order valence-corrected chi connectivity index (χ2v) is 7.53. The van der Waals surface area contributed by atoms with Crippen molar-refractivity contribution in [1.29, 1.82) is 5.26 Å². The van der Waals surface area contributed by atoms with E-state index in [1.807, 2.05) is 5.40 Å². The number of quaternary nitrogens is 1. The van der Waals surface area contributed by atoms with E-state index in [2.05, 4.69) is 19.2 Å². The van der Waals surface area contributed by atoms with E-state index in [0.717, 1.165) is 18.3 Å². The van der Waals surface area contributed by atoms with Gasteiger partial charge >= 0.3 is 0 Å². The average Bonchev–Trinajstić information content (AvgIpc) is 2.38. The number of sulfone groups is 1. The van der Waals surface area contributed by atoms with Gasteiger partial charge < -0.3 is 5.32 Å². The van der Waals surface area contributed by atoms with Gasteiger partial charge in [-0.1, -0.05) is 13.8 Å². The van der Waals surface area contributed by atoms with Crippen LogP contribution in [-0.2, 0) is 9.84 Å². The van der Waals surface area contributed by atoms with Crippen molar-refractivity contribution >= 4 is 21.6 Å². The number of nitrogens with two attached hydrogens (primary N) is 1. The molecule has 0 saturated carbocycles. The largest absolute Gasteiger partial charge is 0.342 e. The predicted octanol–water partition coefficient (Wildman–Crippen LogP) is -0.414. The summed E-state index contributed by atoms with van der Waals surface area (Å²) in [5.41, 5.74) is 0. The molecular formula is C9H17N2O2S2+. The van der Waals surface area contributed by atoms with E-state index in [4.69, 9.17) is 5.26 Å². The maximum absolute atomic E-state index is 11.4. The SMILES string of the molecule is CC(C)C[NH2+][C@H]1CS(=O)(=O)C[C@@H]1SC#N.